The van der Waals surface area contributed by atoms with E-state index in [0.29, 0.717) is 10.6 Å². The fourth-order valence-corrected chi connectivity index (χ4v) is 3.60. The number of halogens is 1. The second-order valence-electron chi connectivity index (χ2n) is 7.50. The molecule has 0 spiro atoms. The molecule has 0 aliphatic rings. The third kappa shape index (κ3) is 6.78. The number of hydrogen-bond acceptors (Lipinski definition) is 3. The van der Waals surface area contributed by atoms with Crippen molar-refractivity contribution in [3.05, 3.63) is 100 Å². The van der Waals surface area contributed by atoms with Crippen molar-refractivity contribution in [2.45, 2.75) is 26.3 Å². The smallest absolute Gasteiger partial charge is 0.253 e. The summed E-state index contributed by atoms with van der Waals surface area (Å²) in [7, 11) is 0. The minimum Gasteiger partial charge on any atom is -0.345 e. The number of carbonyl (C=O) groups is 2. The van der Waals surface area contributed by atoms with E-state index in [1.165, 1.54) is 0 Å². The van der Waals surface area contributed by atoms with Gasteiger partial charge in [0, 0.05) is 5.69 Å². The number of benzene rings is 3. The lowest BCUT2D eigenvalue weighted by Gasteiger charge is -2.20. The molecule has 0 aliphatic heterocycles. The molecule has 3 aromatic carbocycles. The molecule has 3 aromatic rings. The van der Waals surface area contributed by atoms with Gasteiger partial charge in [-0.25, -0.2) is 0 Å². The summed E-state index contributed by atoms with van der Waals surface area (Å²) in [6.07, 6.45) is -0.000702. The van der Waals surface area contributed by atoms with Gasteiger partial charge in [0.1, 0.15) is 0 Å². The van der Waals surface area contributed by atoms with Crippen molar-refractivity contribution in [3.63, 3.8) is 0 Å². The Kier molecular flexibility index (Phi) is 8.40. The largest absolute Gasteiger partial charge is 0.345 e. The van der Waals surface area contributed by atoms with E-state index in [0.717, 1.165) is 22.4 Å². The summed E-state index contributed by atoms with van der Waals surface area (Å²) in [4.78, 5) is 25.4. The third-order valence-corrected chi connectivity index (χ3v) is 5.72. The van der Waals surface area contributed by atoms with Crippen LogP contribution in [0, 0.1) is 13.8 Å². The zero-order chi connectivity index (χ0) is 23.8. The second-order valence-corrected chi connectivity index (χ2v) is 8.31. The van der Waals surface area contributed by atoms with Gasteiger partial charge in [0.05, 0.1) is 23.0 Å². The minimum absolute atomic E-state index is 0.000702. The first kappa shape index (κ1) is 24.2. The Hall–Kier alpha value is -3.42. The van der Waals surface area contributed by atoms with Gasteiger partial charge in [-0.15, -0.1) is 0 Å². The van der Waals surface area contributed by atoms with E-state index >= 15 is 0 Å². The van der Waals surface area contributed by atoms with Gasteiger partial charge in [0.25, 0.3) is 5.91 Å². The van der Waals surface area contributed by atoms with Gasteiger partial charge >= 0.3 is 0 Å². The van der Waals surface area contributed by atoms with Crippen LogP contribution in [0.3, 0.4) is 0 Å². The summed E-state index contributed by atoms with van der Waals surface area (Å²) >= 11 is 11.4. The van der Waals surface area contributed by atoms with Gasteiger partial charge in [-0.1, -0.05) is 66.2 Å². The highest BCUT2D eigenvalue weighted by atomic mass is 35.5. The average Bonchev–Trinajstić information content (AvgIpc) is 2.81. The van der Waals surface area contributed by atoms with Crippen LogP contribution in [0.25, 0.3) is 0 Å². The van der Waals surface area contributed by atoms with Gasteiger partial charge in [-0.05, 0) is 61.0 Å². The summed E-state index contributed by atoms with van der Waals surface area (Å²) in [5, 5.41) is 6.58. The van der Waals surface area contributed by atoms with E-state index < -0.39 is 6.04 Å². The first-order valence-electron chi connectivity index (χ1n) is 10.4. The standard InChI is InChI=1S/C25H25ClN4O2S/c1-16-9-8-14-21(17(16)2)28-25(33)30-29-23(31)15-22(18-10-4-3-5-11-18)27-24(32)19-12-6-7-13-20(19)26/h3-14,22H,15H2,1-2H3,(H,27,32)(H,29,31)(H2,28,30,33)/t22-/m0/s1. The number of hydrogen-bond donors (Lipinski definition) is 4. The Bertz CT molecular complexity index is 1150. The van der Waals surface area contributed by atoms with Gasteiger partial charge < -0.3 is 10.6 Å². The molecule has 3 rings (SSSR count). The molecule has 8 heteroatoms. The molecule has 0 saturated heterocycles. The van der Waals surface area contributed by atoms with E-state index in [9.17, 15) is 9.59 Å². The highest BCUT2D eigenvalue weighted by Crippen LogP contribution is 2.20. The molecule has 1 atom stereocenters. The van der Waals surface area contributed by atoms with E-state index in [1.54, 1.807) is 24.3 Å². The summed E-state index contributed by atoms with van der Waals surface area (Å²) in [6, 6.07) is 21.3. The van der Waals surface area contributed by atoms with Crippen molar-refractivity contribution >= 4 is 46.4 Å². The van der Waals surface area contributed by atoms with Crippen LogP contribution in [0.1, 0.15) is 39.5 Å². The molecule has 0 aliphatic carbocycles. The molecule has 33 heavy (non-hydrogen) atoms. The lowest BCUT2D eigenvalue weighted by Crippen LogP contribution is -2.45. The summed E-state index contributed by atoms with van der Waals surface area (Å²) < 4.78 is 0. The van der Waals surface area contributed by atoms with Crippen LogP contribution in [-0.4, -0.2) is 16.9 Å². The number of thiocarbonyl (C=S) groups is 1. The SMILES string of the molecule is Cc1cccc(NC(=S)NNC(=O)C[C@H](NC(=O)c2ccccc2Cl)c2ccccc2)c1C. The third-order valence-electron chi connectivity index (χ3n) is 5.18. The molecule has 0 aromatic heterocycles. The molecule has 0 saturated carbocycles. The van der Waals surface area contributed by atoms with Crippen molar-refractivity contribution in [1.82, 2.24) is 16.2 Å². The molecule has 0 fully saturated rings. The topological polar surface area (TPSA) is 82.3 Å². The zero-order valence-corrected chi connectivity index (χ0v) is 19.9. The van der Waals surface area contributed by atoms with Crippen LogP contribution in [0.2, 0.25) is 5.02 Å². The van der Waals surface area contributed by atoms with Crippen molar-refractivity contribution in [2.24, 2.45) is 0 Å². The number of hydrazine groups is 1. The first-order chi connectivity index (χ1) is 15.8. The van der Waals surface area contributed by atoms with Crippen LogP contribution in [0.5, 0.6) is 0 Å². The van der Waals surface area contributed by atoms with E-state index in [-0.39, 0.29) is 23.3 Å². The highest BCUT2D eigenvalue weighted by molar-refractivity contribution is 7.80. The quantitative estimate of drug-likeness (QED) is 0.300. The number of rotatable bonds is 6. The van der Waals surface area contributed by atoms with Crippen LogP contribution >= 0.6 is 23.8 Å². The Labute approximate surface area is 203 Å². The van der Waals surface area contributed by atoms with Gasteiger partial charge in [-0.3, -0.25) is 20.4 Å². The Morgan fingerprint density at radius 1 is 0.909 bits per heavy atom. The number of carbonyl (C=O) groups excluding carboxylic acids is 2. The van der Waals surface area contributed by atoms with Crippen LogP contribution < -0.4 is 21.5 Å². The number of amides is 2. The molecule has 0 unspecified atom stereocenters. The molecule has 4 N–H and O–H groups in total. The summed E-state index contributed by atoms with van der Waals surface area (Å²) in [5.74, 6) is -0.698. The minimum atomic E-state index is -0.558. The van der Waals surface area contributed by atoms with E-state index in [2.05, 4.69) is 21.5 Å². The number of anilines is 1. The molecule has 0 radical (unpaired) electrons. The summed E-state index contributed by atoms with van der Waals surface area (Å²) in [6.45, 7) is 4.00. The highest BCUT2D eigenvalue weighted by Gasteiger charge is 2.20. The Morgan fingerprint density at radius 2 is 1.61 bits per heavy atom. The first-order valence-corrected chi connectivity index (χ1v) is 11.2. The zero-order valence-electron chi connectivity index (χ0n) is 18.3. The van der Waals surface area contributed by atoms with Gasteiger partial charge in [-0.2, -0.15) is 0 Å². The molecule has 0 bridgehead atoms. The lowest BCUT2D eigenvalue weighted by atomic mass is 10.0. The Morgan fingerprint density at radius 3 is 2.33 bits per heavy atom. The number of aryl methyl sites for hydroxylation is 1. The monoisotopic (exact) mass is 480 g/mol. The molecular weight excluding hydrogens is 456 g/mol. The maximum Gasteiger partial charge on any atom is 0.253 e. The predicted molar refractivity (Wildman–Crippen MR) is 136 cm³/mol. The molecule has 170 valence electrons. The maximum absolute atomic E-state index is 12.8. The normalized spacial score (nSPS) is 11.2. The average molecular weight is 481 g/mol. The lowest BCUT2D eigenvalue weighted by molar-refractivity contribution is -0.122. The van der Waals surface area contributed by atoms with Crippen molar-refractivity contribution in [2.75, 3.05) is 5.32 Å². The molecule has 0 heterocycles. The van der Waals surface area contributed by atoms with Crippen molar-refractivity contribution in [3.8, 4) is 0 Å². The fourth-order valence-electron chi connectivity index (χ4n) is 3.22. The van der Waals surface area contributed by atoms with Gasteiger partial charge in [0.2, 0.25) is 5.91 Å². The number of nitrogens with one attached hydrogen (secondary N) is 4. The summed E-state index contributed by atoms with van der Waals surface area (Å²) in [5.41, 5.74) is 9.50. The van der Waals surface area contributed by atoms with Crippen LogP contribution in [-0.2, 0) is 4.79 Å². The van der Waals surface area contributed by atoms with E-state index in [1.807, 2.05) is 62.4 Å². The van der Waals surface area contributed by atoms with Crippen molar-refractivity contribution < 1.29 is 9.59 Å². The molecule has 2 amide bonds. The second kappa shape index (κ2) is 11.4. The molecular formula is C25H25ClN4O2S. The van der Waals surface area contributed by atoms with Gasteiger partial charge in [0.15, 0.2) is 5.11 Å². The predicted octanol–water partition coefficient (Wildman–Crippen LogP) is 4.84. The van der Waals surface area contributed by atoms with Crippen LogP contribution in [0.15, 0.2) is 72.8 Å². The van der Waals surface area contributed by atoms with Crippen LogP contribution in [0.4, 0.5) is 5.69 Å². The van der Waals surface area contributed by atoms with Crippen molar-refractivity contribution in [1.29, 1.82) is 0 Å². The Balaban J connectivity index is 1.63. The molecule has 6 nitrogen and oxygen atoms in total. The fraction of sp³-hybridized carbons (Fsp3) is 0.160. The van der Waals surface area contributed by atoms with E-state index in [4.69, 9.17) is 23.8 Å². The maximum atomic E-state index is 12.8.